The summed E-state index contributed by atoms with van der Waals surface area (Å²) in [6, 6.07) is 0. The lowest BCUT2D eigenvalue weighted by Crippen LogP contribution is -2.43. The minimum absolute atomic E-state index is 0.0911. The summed E-state index contributed by atoms with van der Waals surface area (Å²) in [7, 11) is 0. The first-order chi connectivity index (χ1) is 14.1. The highest BCUT2D eigenvalue weighted by Gasteiger charge is 2.42. The van der Waals surface area contributed by atoms with Crippen molar-refractivity contribution in [3.63, 3.8) is 0 Å². The van der Waals surface area contributed by atoms with E-state index in [-0.39, 0.29) is 6.61 Å². The van der Waals surface area contributed by atoms with E-state index >= 15 is 0 Å². The van der Waals surface area contributed by atoms with Gasteiger partial charge in [-0.25, -0.2) is 0 Å². The lowest BCUT2D eigenvalue weighted by molar-refractivity contribution is -0.0642. The molecule has 0 aliphatic carbocycles. The van der Waals surface area contributed by atoms with E-state index in [1.807, 2.05) is 0 Å². The van der Waals surface area contributed by atoms with Crippen LogP contribution in [0.4, 0.5) is 0 Å². The molecular weight excluding hydrogens is 388 g/mol. The second kappa shape index (κ2) is 17.4. The molecule has 0 bridgehead atoms. The molecule has 0 unspecified atom stereocenters. The summed E-state index contributed by atoms with van der Waals surface area (Å²) >= 11 is 5.28. The quantitative estimate of drug-likeness (QED) is 0.215. The zero-order valence-electron chi connectivity index (χ0n) is 18.4. The molecule has 4 atom stereocenters. The van der Waals surface area contributed by atoms with Crippen molar-refractivity contribution in [2.45, 2.75) is 128 Å². The van der Waals surface area contributed by atoms with Crippen LogP contribution < -0.4 is 0 Å². The molecule has 3 N–H and O–H groups in total. The van der Waals surface area contributed by atoms with E-state index in [0.29, 0.717) is 11.5 Å². The molecule has 1 heterocycles. The summed E-state index contributed by atoms with van der Waals surface area (Å²) in [5.41, 5.74) is 0. The Labute approximate surface area is 183 Å². The average Bonchev–Trinajstić information content (AvgIpc) is 3.07. The third kappa shape index (κ3) is 12.2. The van der Waals surface area contributed by atoms with Gasteiger partial charge in [0.15, 0.2) is 11.2 Å². The summed E-state index contributed by atoms with van der Waals surface area (Å²) in [5.74, 6) is 0. The number of rotatable bonds is 18. The van der Waals surface area contributed by atoms with Crippen molar-refractivity contribution in [2.24, 2.45) is 0 Å². The molecule has 0 aromatic heterocycles. The molecule has 1 saturated heterocycles. The molecule has 1 aliphatic heterocycles. The van der Waals surface area contributed by atoms with Gasteiger partial charge in [0.1, 0.15) is 18.3 Å². The summed E-state index contributed by atoms with van der Waals surface area (Å²) in [6.45, 7) is 1.93. The van der Waals surface area contributed by atoms with E-state index in [4.69, 9.17) is 26.8 Å². The fraction of sp³-hybridized carbons (Fsp3) is 0.957. The van der Waals surface area contributed by atoms with Crippen molar-refractivity contribution in [1.29, 1.82) is 0 Å². The minimum atomic E-state index is -1.07. The molecule has 0 aromatic rings. The lowest BCUT2D eigenvalue weighted by atomic mass is 10.0. The highest BCUT2D eigenvalue weighted by Crippen LogP contribution is 2.22. The Balaban J connectivity index is 1.94. The number of thiocarbonyl (C=S) groups is 1. The fourth-order valence-corrected chi connectivity index (χ4v) is 4.13. The smallest absolute Gasteiger partial charge is 0.160 e. The minimum Gasteiger partial charge on any atom is -0.478 e. The molecule has 1 aliphatic rings. The van der Waals surface area contributed by atoms with Gasteiger partial charge in [0, 0.05) is 6.42 Å². The maximum Gasteiger partial charge on any atom is 0.160 e. The highest BCUT2D eigenvalue weighted by atomic mass is 32.1. The van der Waals surface area contributed by atoms with Gasteiger partial charge in [0.2, 0.25) is 0 Å². The number of aliphatic hydroxyl groups excluding tert-OH is 3. The molecule has 0 amide bonds. The number of unbranched alkanes of at least 4 members (excludes halogenated alkanes) is 13. The van der Waals surface area contributed by atoms with Gasteiger partial charge in [-0.05, 0) is 18.6 Å². The molecule has 0 saturated carbocycles. The van der Waals surface area contributed by atoms with Crippen molar-refractivity contribution in [1.82, 2.24) is 0 Å². The van der Waals surface area contributed by atoms with Gasteiger partial charge >= 0.3 is 0 Å². The van der Waals surface area contributed by atoms with E-state index in [9.17, 15) is 10.2 Å². The maximum absolute atomic E-state index is 9.94. The molecular formula is C23H44O5S. The zero-order valence-corrected chi connectivity index (χ0v) is 19.2. The van der Waals surface area contributed by atoms with Gasteiger partial charge in [-0.1, -0.05) is 90.4 Å². The number of hydrogen-bond acceptors (Lipinski definition) is 6. The Hall–Kier alpha value is -0.270. The van der Waals surface area contributed by atoms with Crippen LogP contribution in [0.5, 0.6) is 0 Å². The van der Waals surface area contributed by atoms with Crippen molar-refractivity contribution >= 4 is 17.3 Å². The second-order valence-electron chi connectivity index (χ2n) is 8.42. The predicted octanol–water partition coefficient (Wildman–Crippen LogP) is 4.68. The van der Waals surface area contributed by atoms with E-state index in [1.165, 1.54) is 77.0 Å². The molecule has 29 heavy (non-hydrogen) atoms. The van der Waals surface area contributed by atoms with Crippen LogP contribution in [0.1, 0.15) is 103 Å². The first-order valence-electron chi connectivity index (χ1n) is 11.9. The Bertz CT molecular complexity index is 407. The highest BCUT2D eigenvalue weighted by molar-refractivity contribution is 7.80. The monoisotopic (exact) mass is 432 g/mol. The van der Waals surface area contributed by atoms with Crippen LogP contribution in [0.3, 0.4) is 0 Å². The second-order valence-corrected chi connectivity index (χ2v) is 8.87. The summed E-state index contributed by atoms with van der Waals surface area (Å²) < 4.78 is 11.0. The zero-order chi connectivity index (χ0) is 21.3. The number of hydrogen-bond donors (Lipinski definition) is 3. The van der Waals surface area contributed by atoms with Crippen LogP contribution in [0.25, 0.3) is 0 Å². The average molecular weight is 433 g/mol. The van der Waals surface area contributed by atoms with E-state index in [0.717, 1.165) is 12.8 Å². The van der Waals surface area contributed by atoms with E-state index < -0.39 is 31.0 Å². The molecule has 6 heteroatoms. The number of aliphatic hydroxyl groups is 3. The summed E-state index contributed by atoms with van der Waals surface area (Å²) in [4.78, 5) is 0. The first kappa shape index (κ1) is 26.8. The Morgan fingerprint density at radius 1 is 0.931 bits per heavy atom. The topological polar surface area (TPSA) is 79.2 Å². The normalized spacial score (nSPS) is 22.7. The molecule has 1 fully saturated rings. The van der Waals surface area contributed by atoms with Crippen LogP contribution in [0, 0.1) is 0 Å². The Morgan fingerprint density at radius 3 is 1.90 bits per heavy atom. The van der Waals surface area contributed by atoms with Gasteiger partial charge in [-0.15, -0.1) is 0 Å². The van der Waals surface area contributed by atoms with Crippen molar-refractivity contribution in [3.05, 3.63) is 0 Å². The number of ether oxygens (including phenoxy) is 2. The molecule has 1 rings (SSSR count). The van der Waals surface area contributed by atoms with Gasteiger partial charge in [-0.2, -0.15) is 0 Å². The standard InChI is InChI=1S/C23H44O5S/c1-2-3-4-5-6-7-8-9-10-11-12-13-14-15-16-21(29)28-23-20(26)18-27-22(23)19(25)17-24/h19-20,22-26H,2-18H2,1H3/t19-,20+,22+,23+/m1/s1. The molecule has 0 aromatic carbocycles. The van der Waals surface area contributed by atoms with Crippen molar-refractivity contribution < 1.29 is 24.8 Å². The van der Waals surface area contributed by atoms with Crippen LogP contribution in [-0.2, 0) is 9.47 Å². The van der Waals surface area contributed by atoms with Crippen molar-refractivity contribution in [3.8, 4) is 0 Å². The van der Waals surface area contributed by atoms with Crippen molar-refractivity contribution in [2.75, 3.05) is 13.2 Å². The van der Waals surface area contributed by atoms with Crippen LogP contribution >= 0.6 is 12.2 Å². The third-order valence-corrected chi connectivity index (χ3v) is 6.03. The van der Waals surface area contributed by atoms with E-state index in [1.54, 1.807) is 0 Å². The van der Waals surface area contributed by atoms with Gasteiger partial charge in [0.05, 0.1) is 13.2 Å². The van der Waals surface area contributed by atoms with Crippen LogP contribution in [0.2, 0.25) is 0 Å². The molecule has 5 nitrogen and oxygen atoms in total. The Morgan fingerprint density at radius 2 is 1.41 bits per heavy atom. The largest absolute Gasteiger partial charge is 0.478 e. The van der Waals surface area contributed by atoms with Gasteiger partial charge in [-0.3, -0.25) is 0 Å². The molecule has 0 radical (unpaired) electrons. The maximum atomic E-state index is 9.94. The van der Waals surface area contributed by atoms with Gasteiger partial charge < -0.3 is 24.8 Å². The Kier molecular flexibility index (Phi) is 16.1. The lowest BCUT2D eigenvalue weighted by Gasteiger charge is -2.24. The van der Waals surface area contributed by atoms with Crippen LogP contribution in [-0.4, -0.2) is 58.0 Å². The third-order valence-electron chi connectivity index (χ3n) is 5.73. The summed E-state index contributed by atoms with van der Waals surface area (Å²) in [6.07, 6.45) is 15.8. The van der Waals surface area contributed by atoms with Gasteiger partial charge in [0.25, 0.3) is 0 Å². The van der Waals surface area contributed by atoms with E-state index in [2.05, 4.69) is 6.92 Å². The van der Waals surface area contributed by atoms with Crippen LogP contribution in [0.15, 0.2) is 0 Å². The summed E-state index contributed by atoms with van der Waals surface area (Å²) in [5, 5.41) is 29.2. The molecule has 172 valence electrons. The predicted molar refractivity (Wildman–Crippen MR) is 121 cm³/mol. The fourth-order valence-electron chi connectivity index (χ4n) is 3.87. The molecule has 0 spiro atoms. The SMILES string of the molecule is CCCCCCCCCCCCCCCCC(=S)O[C@@H]1[C@H]([C@H](O)CO)OC[C@@H]1O. The first-order valence-corrected chi connectivity index (χ1v) is 12.3.